The maximum atomic E-state index is 12.6. The molecule has 0 spiro atoms. The number of nitrogen functional groups attached to an aromatic ring is 1. The van der Waals surface area contributed by atoms with Crippen molar-refractivity contribution in [3.8, 4) is 11.3 Å². The molecule has 0 radical (unpaired) electrons. The zero-order chi connectivity index (χ0) is 25.9. The Bertz CT molecular complexity index is 1230. The Morgan fingerprint density at radius 2 is 1.58 bits per heavy atom. The second-order valence-corrected chi connectivity index (χ2v) is 9.98. The highest BCUT2D eigenvalue weighted by molar-refractivity contribution is 5.76. The van der Waals surface area contributed by atoms with Gasteiger partial charge in [0.05, 0.1) is 18.9 Å². The molecule has 3 aliphatic heterocycles. The summed E-state index contributed by atoms with van der Waals surface area (Å²) in [5, 5.41) is 0. The van der Waals surface area contributed by atoms with Gasteiger partial charge in [-0.3, -0.25) is 9.80 Å². The smallest absolute Gasteiger partial charge is 0.228 e. The number of rotatable bonds is 7. The van der Waals surface area contributed by atoms with Gasteiger partial charge in [-0.2, -0.15) is 4.98 Å². The van der Waals surface area contributed by atoms with Crippen LogP contribution in [0, 0.1) is 0 Å². The Hall–Kier alpha value is -3.41. The van der Waals surface area contributed by atoms with Crippen LogP contribution in [0.2, 0.25) is 0 Å². The van der Waals surface area contributed by atoms with Crippen molar-refractivity contribution in [3.05, 3.63) is 47.8 Å². The summed E-state index contributed by atoms with van der Waals surface area (Å²) in [5.41, 5.74) is 11.0. The Morgan fingerprint density at radius 3 is 2.29 bits per heavy atom. The number of alkyl halides is 1. The van der Waals surface area contributed by atoms with E-state index in [1.165, 1.54) is 5.56 Å². The van der Waals surface area contributed by atoms with Crippen LogP contribution in [-0.2, 0) is 17.7 Å². The van der Waals surface area contributed by atoms with Crippen LogP contribution in [0.1, 0.15) is 11.1 Å². The van der Waals surface area contributed by atoms with E-state index in [4.69, 9.17) is 20.4 Å². The molecule has 3 aliphatic rings. The number of halogens is 1. The van der Waals surface area contributed by atoms with Crippen LogP contribution < -0.4 is 15.5 Å². The van der Waals surface area contributed by atoms with Crippen LogP contribution >= 0.6 is 0 Å². The van der Waals surface area contributed by atoms with Gasteiger partial charge < -0.3 is 20.3 Å². The van der Waals surface area contributed by atoms with Crippen molar-refractivity contribution >= 4 is 23.4 Å². The molecule has 5 heterocycles. The lowest BCUT2D eigenvalue weighted by molar-refractivity contribution is 0.121. The van der Waals surface area contributed by atoms with E-state index >= 15 is 0 Å². The van der Waals surface area contributed by atoms with Crippen molar-refractivity contribution < 1.29 is 9.13 Å². The van der Waals surface area contributed by atoms with E-state index in [9.17, 15) is 4.39 Å². The molecule has 2 fully saturated rings. The number of aromatic nitrogens is 4. The van der Waals surface area contributed by atoms with Crippen LogP contribution in [0.3, 0.4) is 0 Å². The average Bonchev–Trinajstić information content (AvgIpc) is 3.39. The number of hydrogen-bond acceptors (Lipinski definition) is 10. The summed E-state index contributed by atoms with van der Waals surface area (Å²) in [6.07, 6.45) is 4.31. The third-order valence-corrected chi connectivity index (χ3v) is 7.57. The minimum atomic E-state index is -0.269. The Labute approximate surface area is 222 Å². The number of anilines is 4. The topological polar surface area (TPSA) is 99.8 Å². The molecule has 0 saturated carbocycles. The summed E-state index contributed by atoms with van der Waals surface area (Å²) in [4.78, 5) is 27.5. The molecule has 0 bridgehead atoms. The molecule has 200 valence electrons. The van der Waals surface area contributed by atoms with Crippen LogP contribution in [0.4, 0.5) is 27.8 Å². The number of fused-ring (bicyclic) bond motifs is 1. The monoisotopic (exact) mass is 519 g/mol. The van der Waals surface area contributed by atoms with Gasteiger partial charge in [0, 0.05) is 88.1 Å². The van der Waals surface area contributed by atoms with Gasteiger partial charge in [0.15, 0.2) is 0 Å². The van der Waals surface area contributed by atoms with Gasteiger partial charge >= 0.3 is 0 Å². The lowest BCUT2D eigenvalue weighted by atomic mass is 10.1. The highest BCUT2D eigenvalue weighted by atomic mass is 19.1. The van der Waals surface area contributed by atoms with Crippen LogP contribution in [-0.4, -0.2) is 102 Å². The number of ether oxygens (including phenoxy) is 1. The fourth-order valence-corrected chi connectivity index (χ4v) is 5.43. The standard InChI is InChI=1S/C27H34FN9O/c28-6-8-34-9-11-35(12-10-34)19-20-1-3-22(4-2-20)37-7-5-23-24(21-17-30-26(29)31-18-21)32-27(33-25(23)37)36-13-15-38-16-14-36/h1-4,17-18H,5-16,19H2,(H2,29,30,31). The first kappa shape index (κ1) is 24.9. The summed E-state index contributed by atoms with van der Waals surface area (Å²) in [7, 11) is 0. The van der Waals surface area contributed by atoms with Crippen molar-refractivity contribution in [2.45, 2.75) is 13.0 Å². The fourth-order valence-electron chi connectivity index (χ4n) is 5.43. The summed E-state index contributed by atoms with van der Waals surface area (Å²) in [6.45, 7) is 8.66. The molecule has 0 unspecified atom stereocenters. The Kier molecular flexibility index (Phi) is 7.30. The van der Waals surface area contributed by atoms with E-state index in [2.05, 4.69) is 53.8 Å². The van der Waals surface area contributed by atoms with Gasteiger partial charge in [-0.1, -0.05) is 12.1 Å². The van der Waals surface area contributed by atoms with E-state index in [-0.39, 0.29) is 12.6 Å². The average molecular weight is 520 g/mol. The van der Waals surface area contributed by atoms with Gasteiger partial charge in [-0.25, -0.2) is 19.3 Å². The molecular weight excluding hydrogens is 485 g/mol. The zero-order valence-corrected chi connectivity index (χ0v) is 21.6. The lowest BCUT2D eigenvalue weighted by Crippen LogP contribution is -2.46. The summed E-state index contributed by atoms with van der Waals surface area (Å²) < 4.78 is 18.2. The highest BCUT2D eigenvalue weighted by Crippen LogP contribution is 2.39. The summed E-state index contributed by atoms with van der Waals surface area (Å²) in [5.74, 6) is 1.88. The molecule has 10 nitrogen and oxygen atoms in total. The maximum absolute atomic E-state index is 12.6. The van der Waals surface area contributed by atoms with Gasteiger partial charge in [-0.05, 0) is 24.1 Å². The molecule has 11 heteroatoms. The number of benzene rings is 1. The third kappa shape index (κ3) is 5.27. The lowest BCUT2D eigenvalue weighted by Gasteiger charge is -2.34. The molecule has 38 heavy (non-hydrogen) atoms. The molecule has 2 saturated heterocycles. The van der Waals surface area contributed by atoms with Crippen molar-refractivity contribution in [2.24, 2.45) is 0 Å². The zero-order valence-electron chi connectivity index (χ0n) is 21.6. The quantitative estimate of drug-likeness (QED) is 0.500. The molecule has 6 rings (SSSR count). The Balaban J connectivity index is 1.24. The van der Waals surface area contributed by atoms with Crippen LogP contribution in [0.5, 0.6) is 0 Å². The minimum absolute atomic E-state index is 0.246. The van der Waals surface area contributed by atoms with Gasteiger partial charge in [0.25, 0.3) is 0 Å². The van der Waals surface area contributed by atoms with Crippen molar-refractivity contribution in [1.29, 1.82) is 0 Å². The predicted molar refractivity (Wildman–Crippen MR) is 145 cm³/mol. The molecule has 0 atom stereocenters. The SMILES string of the molecule is Nc1ncc(-c2nc(N3CCOCC3)nc3c2CCN3c2ccc(CN3CCN(CCF)CC3)cc2)cn1. The molecule has 0 amide bonds. The van der Waals surface area contributed by atoms with Gasteiger partial charge in [-0.15, -0.1) is 0 Å². The van der Waals surface area contributed by atoms with E-state index in [1.54, 1.807) is 12.4 Å². The number of nitrogens with zero attached hydrogens (tertiary/aromatic N) is 8. The number of nitrogens with two attached hydrogens (primary N) is 1. The number of morpholine rings is 1. The van der Waals surface area contributed by atoms with E-state index < -0.39 is 0 Å². The van der Waals surface area contributed by atoms with Crippen molar-refractivity contribution in [1.82, 2.24) is 29.7 Å². The summed E-state index contributed by atoms with van der Waals surface area (Å²) in [6, 6.07) is 8.79. The highest BCUT2D eigenvalue weighted by Gasteiger charge is 2.29. The molecular formula is C27H34FN9O. The first-order valence-corrected chi connectivity index (χ1v) is 13.4. The molecule has 0 aliphatic carbocycles. The van der Waals surface area contributed by atoms with Crippen LogP contribution in [0.15, 0.2) is 36.7 Å². The number of piperazine rings is 1. The Morgan fingerprint density at radius 1 is 0.868 bits per heavy atom. The first-order chi connectivity index (χ1) is 18.7. The minimum Gasteiger partial charge on any atom is -0.378 e. The third-order valence-electron chi connectivity index (χ3n) is 7.57. The van der Waals surface area contributed by atoms with Gasteiger partial charge in [0.2, 0.25) is 11.9 Å². The van der Waals surface area contributed by atoms with Crippen LogP contribution in [0.25, 0.3) is 11.3 Å². The van der Waals surface area contributed by atoms with E-state index in [0.29, 0.717) is 25.7 Å². The molecule has 2 N–H and O–H groups in total. The fraction of sp³-hybridized carbons (Fsp3) is 0.481. The van der Waals surface area contributed by atoms with E-state index in [1.807, 2.05) is 0 Å². The second-order valence-electron chi connectivity index (χ2n) is 9.98. The van der Waals surface area contributed by atoms with Crippen molar-refractivity contribution in [3.63, 3.8) is 0 Å². The molecule has 3 aromatic rings. The number of hydrogen-bond donors (Lipinski definition) is 1. The van der Waals surface area contributed by atoms with Crippen molar-refractivity contribution in [2.75, 3.05) is 87.8 Å². The summed E-state index contributed by atoms with van der Waals surface area (Å²) >= 11 is 0. The first-order valence-electron chi connectivity index (χ1n) is 13.4. The van der Waals surface area contributed by atoms with E-state index in [0.717, 1.165) is 87.1 Å². The second kappa shape index (κ2) is 11.1. The van der Waals surface area contributed by atoms with Gasteiger partial charge in [0.1, 0.15) is 12.5 Å². The maximum Gasteiger partial charge on any atom is 0.228 e. The predicted octanol–water partition coefficient (Wildman–Crippen LogP) is 2.13. The largest absolute Gasteiger partial charge is 0.378 e. The molecule has 1 aromatic carbocycles. The normalized spacial score (nSPS) is 18.7. The molecule has 2 aromatic heterocycles.